The first-order chi connectivity index (χ1) is 7.65. The summed E-state index contributed by atoms with van der Waals surface area (Å²) in [5, 5.41) is 4.97. The predicted octanol–water partition coefficient (Wildman–Crippen LogP) is 2.99. The van der Waals surface area contributed by atoms with Crippen molar-refractivity contribution in [3.8, 4) is 0 Å². The second kappa shape index (κ2) is 4.76. The minimum atomic E-state index is 0.0347. The van der Waals surface area contributed by atoms with Gasteiger partial charge in [0, 0.05) is 6.54 Å². The summed E-state index contributed by atoms with van der Waals surface area (Å²) in [7, 11) is 0. The van der Waals surface area contributed by atoms with Gasteiger partial charge in [-0.15, -0.1) is 0 Å². The molecule has 2 N–H and O–H groups in total. The Morgan fingerprint density at radius 3 is 2.94 bits per heavy atom. The van der Waals surface area contributed by atoms with Gasteiger partial charge >= 0.3 is 0 Å². The van der Waals surface area contributed by atoms with Crippen molar-refractivity contribution < 1.29 is 0 Å². The van der Waals surface area contributed by atoms with Gasteiger partial charge in [0.15, 0.2) is 0 Å². The summed E-state index contributed by atoms with van der Waals surface area (Å²) in [4.78, 5) is 0. The highest BCUT2D eigenvalue weighted by Gasteiger charge is 2.32. The maximum atomic E-state index is 6.37. The van der Waals surface area contributed by atoms with Gasteiger partial charge in [-0.2, -0.15) is 5.10 Å². The van der Waals surface area contributed by atoms with Crippen molar-refractivity contribution in [3.05, 3.63) is 16.9 Å². The molecule has 1 saturated carbocycles. The Bertz CT molecular complexity index is 361. The number of hydrogen-bond donors (Lipinski definition) is 1. The van der Waals surface area contributed by atoms with E-state index in [2.05, 4.69) is 18.9 Å². The van der Waals surface area contributed by atoms with Crippen LogP contribution in [-0.4, -0.2) is 9.78 Å². The first-order valence-corrected chi connectivity index (χ1v) is 6.49. The molecule has 0 bridgehead atoms. The molecular formula is C12H20ClN3. The maximum absolute atomic E-state index is 6.37. The van der Waals surface area contributed by atoms with Crippen LogP contribution in [-0.2, 0) is 6.54 Å². The molecule has 16 heavy (non-hydrogen) atoms. The van der Waals surface area contributed by atoms with Gasteiger partial charge in [-0.25, -0.2) is 0 Å². The molecule has 1 aliphatic rings. The fourth-order valence-corrected chi connectivity index (χ4v) is 3.13. The van der Waals surface area contributed by atoms with Crippen LogP contribution in [0.15, 0.2) is 6.20 Å². The number of hydrogen-bond acceptors (Lipinski definition) is 2. The monoisotopic (exact) mass is 241 g/mol. The normalized spacial score (nSPS) is 27.2. The SMILES string of the molecule is CCn1ncc(Cl)c1C(N)C1CCCC1C. The fraction of sp³-hybridized carbons (Fsp3) is 0.750. The second-order valence-electron chi connectivity index (χ2n) is 4.79. The molecule has 0 amide bonds. The van der Waals surface area contributed by atoms with E-state index in [0.29, 0.717) is 16.9 Å². The highest BCUT2D eigenvalue weighted by Crippen LogP contribution is 2.40. The zero-order valence-corrected chi connectivity index (χ0v) is 10.7. The Morgan fingerprint density at radius 2 is 2.38 bits per heavy atom. The number of rotatable bonds is 3. The van der Waals surface area contributed by atoms with Gasteiger partial charge < -0.3 is 5.73 Å². The molecule has 0 saturated heterocycles. The summed E-state index contributed by atoms with van der Waals surface area (Å²) in [6.07, 6.45) is 5.50. The number of halogens is 1. The largest absolute Gasteiger partial charge is 0.322 e. The average molecular weight is 242 g/mol. The van der Waals surface area contributed by atoms with Gasteiger partial charge in [-0.1, -0.05) is 31.4 Å². The number of nitrogens with two attached hydrogens (primary N) is 1. The molecule has 0 aromatic carbocycles. The van der Waals surface area contributed by atoms with Crippen LogP contribution >= 0.6 is 11.6 Å². The average Bonchev–Trinajstić information content (AvgIpc) is 2.83. The van der Waals surface area contributed by atoms with Crippen LogP contribution in [0.2, 0.25) is 5.02 Å². The molecule has 0 radical (unpaired) electrons. The predicted molar refractivity (Wildman–Crippen MR) is 66.3 cm³/mol. The van der Waals surface area contributed by atoms with Crippen molar-refractivity contribution in [2.24, 2.45) is 17.6 Å². The highest BCUT2D eigenvalue weighted by molar-refractivity contribution is 6.31. The van der Waals surface area contributed by atoms with Gasteiger partial charge in [0.1, 0.15) is 0 Å². The summed E-state index contributed by atoms with van der Waals surface area (Å²) in [6, 6.07) is 0.0347. The molecular weight excluding hydrogens is 222 g/mol. The van der Waals surface area contributed by atoms with Crippen molar-refractivity contribution >= 4 is 11.6 Å². The third-order valence-corrected chi connectivity index (χ3v) is 4.13. The van der Waals surface area contributed by atoms with Gasteiger partial charge in [-0.3, -0.25) is 4.68 Å². The Morgan fingerprint density at radius 1 is 1.62 bits per heavy atom. The van der Waals surface area contributed by atoms with Gasteiger partial charge in [-0.05, 0) is 25.2 Å². The maximum Gasteiger partial charge on any atom is 0.0834 e. The molecule has 1 aliphatic carbocycles. The van der Waals surface area contributed by atoms with E-state index >= 15 is 0 Å². The van der Waals surface area contributed by atoms with E-state index in [1.165, 1.54) is 19.3 Å². The molecule has 4 heteroatoms. The summed E-state index contributed by atoms with van der Waals surface area (Å²) in [5.41, 5.74) is 7.38. The molecule has 1 fully saturated rings. The number of aryl methyl sites for hydroxylation is 1. The topological polar surface area (TPSA) is 43.8 Å². The Labute approximate surface area is 102 Å². The van der Waals surface area contributed by atoms with Crippen LogP contribution in [0.3, 0.4) is 0 Å². The second-order valence-corrected chi connectivity index (χ2v) is 5.20. The summed E-state index contributed by atoms with van der Waals surface area (Å²) in [6.45, 7) is 5.19. The molecule has 1 aromatic heterocycles. The quantitative estimate of drug-likeness (QED) is 0.884. The summed E-state index contributed by atoms with van der Waals surface area (Å²) >= 11 is 6.18. The van der Waals surface area contributed by atoms with Crippen molar-refractivity contribution in [2.75, 3.05) is 0 Å². The third-order valence-electron chi connectivity index (χ3n) is 3.84. The number of aromatic nitrogens is 2. The zero-order valence-electron chi connectivity index (χ0n) is 9.99. The lowest BCUT2D eigenvalue weighted by Crippen LogP contribution is -2.26. The molecule has 1 aromatic rings. The molecule has 3 atom stereocenters. The van der Waals surface area contributed by atoms with Crippen molar-refractivity contribution in [2.45, 2.75) is 45.7 Å². The van der Waals surface area contributed by atoms with Crippen molar-refractivity contribution in [3.63, 3.8) is 0 Å². The van der Waals surface area contributed by atoms with E-state index < -0.39 is 0 Å². The summed E-state index contributed by atoms with van der Waals surface area (Å²) < 4.78 is 1.93. The van der Waals surface area contributed by atoms with Crippen LogP contribution in [0.4, 0.5) is 0 Å². The van der Waals surface area contributed by atoms with Crippen LogP contribution in [0.1, 0.15) is 44.8 Å². The lowest BCUT2D eigenvalue weighted by molar-refractivity contribution is 0.336. The lowest BCUT2D eigenvalue weighted by Gasteiger charge is -2.24. The van der Waals surface area contributed by atoms with Crippen LogP contribution in [0, 0.1) is 11.8 Å². The molecule has 3 nitrogen and oxygen atoms in total. The third kappa shape index (κ3) is 1.98. The van der Waals surface area contributed by atoms with Crippen molar-refractivity contribution in [1.82, 2.24) is 9.78 Å². The van der Waals surface area contributed by atoms with E-state index in [1.807, 2.05) is 4.68 Å². The van der Waals surface area contributed by atoms with E-state index in [4.69, 9.17) is 17.3 Å². The first-order valence-electron chi connectivity index (χ1n) is 6.12. The summed E-state index contributed by atoms with van der Waals surface area (Å²) in [5.74, 6) is 1.26. The van der Waals surface area contributed by atoms with Crippen molar-refractivity contribution in [1.29, 1.82) is 0 Å². The molecule has 90 valence electrons. The van der Waals surface area contributed by atoms with Gasteiger partial charge in [0.25, 0.3) is 0 Å². The molecule has 3 unspecified atom stereocenters. The smallest absolute Gasteiger partial charge is 0.0834 e. The number of nitrogens with zero attached hydrogens (tertiary/aromatic N) is 2. The van der Waals surface area contributed by atoms with Gasteiger partial charge in [0.2, 0.25) is 0 Å². The molecule has 0 spiro atoms. The van der Waals surface area contributed by atoms with E-state index in [0.717, 1.165) is 12.2 Å². The van der Waals surface area contributed by atoms with E-state index in [1.54, 1.807) is 6.20 Å². The molecule has 2 rings (SSSR count). The highest BCUT2D eigenvalue weighted by atomic mass is 35.5. The Balaban J connectivity index is 2.25. The Kier molecular flexibility index (Phi) is 3.55. The van der Waals surface area contributed by atoms with E-state index in [9.17, 15) is 0 Å². The van der Waals surface area contributed by atoms with E-state index in [-0.39, 0.29) is 6.04 Å². The minimum absolute atomic E-state index is 0.0347. The first kappa shape index (κ1) is 11.9. The lowest BCUT2D eigenvalue weighted by atomic mass is 9.89. The van der Waals surface area contributed by atoms with Gasteiger partial charge in [0.05, 0.1) is 23.0 Å². The van der Waals surface area contributed by atoms with Crippen LogP contribution < -0.4 is 5.73 Å². The molecule has 1 heterocycles. The van der Waals surface area contributed by atoms with Crippen LogP contribution in [0.5, 0.6) is 0 Å². The molecule has 0 aliphatic heterocycles. The standard InChI is InChI=1S/C12H20ClN3/c1-3-16-12(10(13)7-15-16)11(14)9-6-4-5-8(9)2/h7-9,11H,3-6,14H2,1-2H3. The zero-order chi connectivity index (χ0) is 11.7. The Hall–Kier alpha value is -0.540. The fourth-order valence-electron chi connectivity index (χ4n) is 2.87. The van der Waals surface area contributed by atoms with Crippen LogP contribution in [0.25, 0.3) is 0 Å². The minimum Gasteiger partial charge on any atom is -0.322 e.